The largest absolute Gasteiger partial charge is 0.457 e. The van der Waals surface area contributed by atoms with Gasteiger partial charge in [-0.1, -0.05) is 18.2 Å². The number of rotatable bonds is 6. The molecule has 206 valence electrons. The molecule has 40 heavy (non-hydrogen) atoms. The molecule has 1 amide bonds. The van der Waals surface area contributed by atoms with Crippen LogP contribution in [-0.4, -0.2) is 71.4 Å². The van der Waals surface area contributed by atoms with E-state index in [1.807, 2.05) is 48.5 Å². The zero-order valence-corrected chi connectivity index (χ0v) is 23.5. The minimum atomic E-state index is -0.260. The first-order valence-corrected chi connectivity index (χ1v) is 14.4. The van der Waals surface area contributed by atoms with Crippen molar-refractivity contribution in [3.05, 3.63) is 77.6 Å². The molecule has 4 aromatic rings. The van der Waals surface area contributed by atoms with Crippen LogP contribution in [0.15, 0.2) is 66.3 Å². The topological polar surface area (TPSA) is 92.7 Å². The Morgan fingerprint density at radius 1 is 1.07 bits per heavy atom. The molecule has 1 N–H and O–H groups in total. The van der Waals surface area contributed by atoms with Gasteiger partial charge in [-0.25, -0.2) is 4.98 Å². The molecule has 4 heterocycles. The number of hydrogen-bond donors (Lipinski definition) is 1. The Morgan fingerprint density at radius 2 is 1.90 bits per heavy atom. The summed E-state index contributed by atoms with van der Waals surface area (Å²) in [5.74, 6) is 1.26. The van der Waals surface area contributed by atoms with Crippen LogP contribution in [0.3, 0.4) is 0 Å². The molecular formula is C30H32N6O3S. The second kappa shape index (κ2) is 11.3. The van der Waals surface area contributed by atoms with E-state index in [0.717, 1.165) is 78.0 Å². The summed E-state index contributed by atoms with van der Waals surface area (Å²) in [7, 11) is 2.16. The number of likely N-dealkylation sites (tertiary alicyclic amines) is 1. The summed E-state index contributed by atoms with van der Waals surface area (Å²) in [6.07, 6.45) is 5.22. The smallest absolute Gasteiger partial charge is 0.275 e. The van der Waals surface area contributed by atoms with Gasteiger partial charge < -0.3 is 24.6 Å². The van der Waals surface area contributed by atoms with Crippen LogP contribution in [0.4, 0.5) is 11.4 Å². The highest BCUT2D eigenvalue weighted by Gasteiger charge is 2.40. The molecule has 1 spiro atoms. The highest BCUT2D eigenvalue weighted by atomic mass is 32.1. The van der Waals surface area contributed by atoms with E-state index >= 15 is 0 Å². The number of piperidine rings is 1. The predicted molar refractivity (Wildman–Crippen MR) is 156 cm³/mol. The molecule has 0 saturated carbocycles. The minimum Gasteiger partial charge on any atom is -0.457 e. The Bertz CT molecular complexity index is 1470. The van der Waals surface area contributed by atoms with Gasteiger partial charge in [-0.15, -0.1) is 11.3 Å². The Hall–Kier alpha value is -3.86. The Balaban J connectivity index is 1.31. The van der Waals surface area contributed by atoms with Crippen LogP contribution < -0.4 is 15.0 Å². The van der Waals surface area contributed by atoms with Gasteiger partial charge in [0.25, 0.3) is 5.91 Å². The number of benzene rings is 2. The molecule has 0 unspecified atom stereocenters. The van der Waals surface area contributed by atoms with E-state index in [9.17, 15) is 4.79 Å². The summed E-state index contributed by atoms with van der Waals surface area (Å²) in [6, 6.07) is 15.4. The molecule has 6 rings (SSSR count). The van der Waals surface area contributed by atoms with Crippen molar-refractivity contribution in [3.8, 4) is 22.1 Å². The molecule has 2 aliphatic rings. The SMILES string of the molecule is Cc1c(Oc2ccccc2)ccc(NC(=O)c2csc(-c3ccnnc3)n2)c1N1CCOC2(CCN(C)CC2)C1. The van der Waals surface area contributed by atoms with Crippen LogP contribution in [-0.2, 0) is 4.74 Å². The molecule has 0 radical (unpaired) electrons. The molecule has 0 atom stereocenters. The summed E-state index contributed by atoms with van der Waals surface area (Å²) in [5, 5.41) is 13.4. The lowest BCUT2D eigenvalue weighted by molar-refractivity contribution is -0.0883. The second-order valence-corrected chi connectivity index (χ2v) is 11.2. The first kappa shape index (κ1) is 26.4. The summed E-state index contributed by atoms with van der Waals surface area (Å²) >= 11 is 1.40. The van der Waals surface area contributed by atoms with Gasteiger partial charge in [-0.3, -0.25) is 4.79 Å². The quantitative estimate of drug-likeness (QED) is 0.344. The van der Waals surface area contributed by atoms with E-state index in [-0.39, 0.29) is 11.5 Å². The summed E-state index contributed by atoms with van der Waals surface area (Å²) in [6.45, 7) is 6.19. The number of carbonyl (C=O) groups is 1. The molecule has 2 fully saturated rings. The van der Waals surface area contributed by atoms with Gasteiger partial charge in [-0.2, -0.15) is 10.2 Å². The van der Waals surface area contributed by atoms with Gasteiger partial charge in [0.15, 0.2) is 0 Å². The van der Waals surface area contributed by atoms with Crippen molar-refractivity contribution in [1.29, 1.82) is 0 Å². The Labute approximate surface area is 237 Å². The first-order valence-electron chi connectivity index (χ1n) is 13.5. The van der Waals surface area contributed by atoms with Crippen LogP contribution in [0.25, 0.3) is 10.6 Å². The lowest BCUT2D eigenvalue weighted by atomic mass is 9.89. The first-order chi connectivity index (χ1) is 19.5. The minimum absolute atomic E-state index is 0.197. The van der Waals surface area contributed by atoms with E-state index < -0.39 is 0 Å². The van der Waals surface area contributed by atoms with Crippen LogP contribution in [0, 0.1) is 6.92 Å². The molecule has 9 nitrogen and oxygen atoms in total. The normalized spacial score (nSPS) is 17.1. The van der Waals surface area contributed by atoms with Gasteiger partial charge in [-0.05, 0) is 57.1 Å². The fourth-order valence-corrected chi connectivity index (χ4v) is 6.19. The average molecular weight is 557 g/mol. The monoisotopic (exact) mass is 556 g/mol. The number of anilines is 2. The summed E-state index contributed by atoms with van der Waals surface area (Å²) in [5.41, 5.74) is 3.64. The third-order valence-corrected chi connectivity index (χ3v) is 8.52. The van der Waals surface area contributed by atoms with Gasteiger partial charge >= 0.3 is 0 Å². The van der Waals surface area contributed by atoms with Gasteiger partial charge in [0.05, 0.1) is 36.0 Å². The maximum absolute atomic E-state index is 13.4. The molecular weight excluding hydrogens is 524 g/mol. The molecule has 2 aromatic heterocycles. The van der Waals surface area contributed by atoms with E-state index in [1.54, 1.807) is 17.8 Å². The third kappa shape index (κ3) is 5.56. The number of amides is 1. The third-order valence-electron chi connectivity index (χ3n) is 7.63. The van der Waals surface area contributed by atoms with Crippen molar-refractivity contribution in [2.24, 2.45) is 0 Å². The van der Waals surface area contributed by atoms with E-state index in [2.05, 4.69) is 44.3 Å². The van der Waals surface area contributed by atoms with Crippen molar-refractivity contribution in [3.63, 3.8) is 0 Å². The number of aromatic nitrogens is 3. The maximum atomic E-state index is 13.4. The van der Waals surface area contributed by atoms with E-state index in [0.29, 0.717) is 12.3 Å². The van der Waals surface area contributed by atoms with Crippen molar-refractivity contribution in [1.82, 2.24) is 20.1 Å². The number of nitrogens with zero attached hydrogens (tertiary/aromatic N) is 5. The number of carbonyl (C=O) groups excluding carboxylic acids is 1. The number of ether oxygens (including phenoxy) is 2. The summed E-state index contributed by atoms with van der Waals surface area (Å²) in [4.78, 5) is 22.7. The van der Waals surface area contributed by atoms with Crippen molar-refractivity contribution in [2.45, 2.75) is 25.4 Å². The standard InChI is InChI=1S/C30H32N6O3S/c1-21-26(39-23-6-4-3-5-7-23)9-8-24(27(21)36-16-17-38-30(20-36)11-14-35(2)15-12-30)33-28(37)25-19-40-29(34-25)22-10-13-31-32-18-22/h3-10,13,18-19H,11-12,14-17,20H2,1-2H3,(H,33,37). The molecule has 2 aromatic carbocycles. The van der Waals surface area contributed by atoms with Crippen molar-refractivity contribution in [2.75, 3.05) is 50.1 Å². The number of thiazole rings is 1. The predicted octanol–water partition coefficient (Wildman–Crippen LogP) is 5.25. The fourth-order valence-electron chi connectivity index (χ4n) is 5.39. The van der Waals surface area contributed by atoms with E-state index in [4.69, 9.17) is 9.47 Å². The number of para-hydroxylation sites is 1. The average Bonchev–Trinajstić information content (AvgIpc) is 3.48. The van der Waals surface area contributed by atoms with Crippen LogP contribution in [0.2, 0.25) is 0 Å². The van der Waals surface area contributed by atoms with Crippen LogP contribution in [0.5, 0.6) is 11.5 Å². The molecule has 0 aliphatic carbocycles. The highest BCUT2D eigenvalue weighted by molar-refractivity contribution is 7.13. The number of nitrogens with one attached hydrogen (secondary N) is 1. The van der Waals surface area contributed by atoms with E-state index in [1.165, 1.54) is 11.3 Å². The number of morpholine rings is 1. The molecule has 2 aliphatic heterocycles. The molecule has 2 saturated heterocycles. The maximum Gasteiger partial charge on any atom is 0.275 e. The highest BCUT2D eigenvalue weighted by Crippen LogP contribution is 2.41. The lowest BCUT2D eigenvalue weighted by Crippen LogP contribution is -2.56. The lowest BCUT2D eigenvalue weighted by Gasteiger charge is -2.48. The number of hydrogen-bond acceptors (Lipinski definition) is 9. The fraction of sp³-hybridized carbons (Fsp3) is 0.333. The van der Waals surface area contributed by atoms with Crippen LogP contribution in [0.1, 0.15) is 28.9 Å². The second-order valence-electron chi connectivity index (χ2n) is 10.4. The Kier molecular flexibility index (Phi) is 7.46. The van der Waals surface area contributed by atoms with Gasteiger partial charge in [0, 0.05) is 42.7 Å². The zero-order valence-electron chi connectivity index (χ0n) is 22.7. The van der Waals surface area contributed by atoms with Gasteiger partial charge in [0.1, 0.15) is 22.2 Å². The summed E-state index contributed by atoms with van der Waals surface area (Å²) < 4.78 is 12.7. The zero-order chi connectivity index (χ0) is 27.5. The Morgan fingerprint density at radius 3 is 2.67 bits per heavy atom. The van der Waals surface area contributed by atoms with Crippen molar-refractivity contribution < 1.29 is 14.3 Å². The molecule has 10 heteroatoms. The molecule has 0 bridgehead atoms. The van der Waals surface area contributed by atoms with Gasteiger partial charge in [0.2, 0.25) is 0 Å². The van der Waals surface area contributed by atoms with Crippen LogP contribution >= 0.6 is 11.3 Å². The van der Waals surface area contributed by atoms with Crippen molar-refractivity contribution >= 4 is 28.6 Å².